The molecule has 8 aromatic carbocycles. The molecule has 3 nitrogen and oxygen atoms in total. The van der Waals surface area contributed by atoms with Crippen LogP contribution in [0.2, 0.25) is 0 Å². The zero-order valence-electron chi connectivity index (χ0n) is 33.4. The fourth-order valence-electron chi connectivity index (χ4n) is 9.17. The number of benzene rings is 8. The van der Waals surface area contributed by atoms with E-state index in [2.05, 4.69) is 218 Å². The summed E-state index contributed by atoms with van der Waals surface area (Å²) < 4.78 is 3.66. The summed E-state index contributed by atoms with van der Waals surface area (Å²) in [6.45, 7) is 2.19. The summed E-state index contributed by atoms with van der Waals surface area (Å²) in [5.74, 6) is 0. The summed E-state index contributed by atoms with van der Waals surface area (Å²) in [6.07, 6.45) is 0. The van der Waals surface area contributed by atoms with Gasteiger partial charge in [0, 0.05) is 43.9 Å². The highest BCUT2D eigenvalue weighted by atomic mass is 32.1. The van der Waals surface area contributed by atoms with E-state index in [0.717, 1.165) is 45.0 Å². The largest absolute Gasteiger partial charge is 0.301 e. The van der Waals surface area contributed by atoms with Gasteiger partial charge >= 0.3 is 0 Å². The molecule has 4 aromatic heterocycles. The van der Waals surface area contributed by atoms with E-state index in [-0.39, 0.29) is 0 Å². The molecule has 0 aliphatic rings. The van der Waals surface area contributed by atoms with Gasteiger partial charge in [0.25, 0.3) is 0 Å². The van der Waals surface area contributed by atoms with Crippen LogP contribution in [0.3, 0.4) is 0 Å². The van der Waals surface area contributed by atoms with Crippen molar-refractivity contribution in [2.75, 3.05) is 0 Å². The van der Waals surface area contributed by atoms with Crippen molar-refractivity contribution in [3.8, 4) is 61.7 Å². The molecule has 0 atom stereocenters. The first-order valence-corrected chi connectivity index (χ1v) is 21.6. The van der Waals surface area contributed by atoms with Gasteiger partial charge in [-0.1, -0.05) is 170 Å². The summed E-state index contributed by atoms with van der Waals surface area (Å²) >= 11 is 1.85. The second-order valence-electron chi connectivity index (χ2n) is 15.8. The topological polar surface area (TPSA) is 30.7 Å². The number of hydrogen-bond acceptors (Lipinski definition) is 3. The standard InChI is InChI=1S/C57H37N3S/c1-36-48(35-50(41-15-4-2-5-16-41)59-54(36)42-17-6-3-7-18-42)40-27-24-38(25-28-40)39-30-32-45(33-31-39)60-51-23-13-11-21-47(51)53-52-46-20-10-12-22-49(46)58-55(56(52)61-57(53)60)44-29-26-37-14-8-9-19-43(37)34-44/h2-35H,1H3. The number of aromatic nitrogens is 3. The van der Waals surface area contributed by atoms with Crippen LogP contribution in [0.25, 0.3) is 115 Å². The first-order chi connectivity index (χ1) is 30.2. The van der Waals surface area contributed by atoms with Crippen LogP contribution in [0.15, 0.2) is 206 Å². The van der Waals surface area contributed by atoms with Crippen LogP contribution >= 0.6 is 11.3 Å². The van der Waals surface area contributed by atoms with E-state index < -0.39 is 0 Å². The highest BCUT2D eigenvalue weighted by Gasteiger charge is 2.23. The number of para-hydroxylation sites is 2. The second kappa shape index (κ2) is 14.3. The smallest absolute Gasteiger partial charge is 0.109 e. The third-order valence-electron chi connectivity index (χ3n) is 12.2. The third kappa shape index (κ3) is 5.87. The molecular weight excluding hydrogens is 759 g/mol. The van der Waals surface area contributed by atoms with E-state index in [9.17, 15) is 0 Å². The zero-order valence-corrected chi connectivity index (χ0v) is 34.2. The van der Waals surface area contributed by atoms with Gasteiger partial charge in [0.2, 0.25) is 0 Å². The van der Waals surface area contributed by atoms with E-state index >= 15 is 0 Å². The quantitative estimate of drug-likeness (QED) is 0.168. The number of rotatable bonds is 6. The predicted molar refractivity (Wildman–Crippen MR) is 259 cm³/mol. The minimum Gasteiger partial charge on any atom is -0.301 e. The first kappa shape index (κ1) is 35.3. The molecule has 61 heavy (non-hydrogen) atoms. The van der Waals surface area contributed by atoms with Gasteiger partial charge < -0.3 is 4.57 Å². The molecule has 0 fully saturated rings. The fraction of sp³-hybridized carbons (Fsp3) is 0.0175. The van der Waals surface area contributed by atoms with Crippen molar-refractivity contribution in [1.82, 2.24) is 14.5 Å². The van der Waals surface area contributed by atoms with Crippen molar-refractivity contribution in [3.05, 3.63) is 212 Å². The molecule has 0 saturated heterocycles. The minimum absolute atomic E-state index is 0.972. The lowest BCUT2D eigenvalue weighted by atomic mass is 9.93. The number of nitrogens with zero attached hydrogens (tertiary/aromatic N) is 3. The molecule has 0 aliphatic heterocycles. The maximum atomic E-state index is 5.35. The normalized spacial score (nSPS) is 11.7. The molecule has 0 N–H and O–H groups in total. The first-order valence-electron chi connectivity index (χ1n) is 20.7. The Morgan fingerprint density at radius 3 is 1.80 bits per heavy atom. The van der Waals surface area contributed by atoms with Gasteiger partial charge in [-0.05, 0) is 81.9 Å². The van der Waals surface area contributed by atoms with Crippen molar-refractivity contribution in [2.24, 2.45) is 0 Å². The van der Waals surface area contributed by atoms with Crippen LogP contribution < -0.4 is 0 Å². The molecule has 12 aromatic rings. The number of pyridine rings is 2. The van der Waals surface area contributed by atoms with Crippen LogP contribution in [-0.2, 0) is 0 Å². The van der Waals surface area contributed by atoms with Crippen molar-refractivity contribution in [3.63, 3.8) is 0 Å². The highest BCUT2D eigenvalue weighted by Crippen LogP contribution is 2.48. The molecular formula is C57H37N3S. The van der Waals surface area contributed by atoms with Crippen molar-refractivity contribution in [1.29, 1.82) is 0 Å². The Hall–Kier alpha value is -7.66. The maximum Gasteiger partial charge on any atom is 0.109 e. The van der Waals surface area contributed by atoms with Crippen molar-refractivity contribution < 1.29 is 0 Å². The van der Waals surface area contributed by atoms with Gasteiger partial charge in [-0.15, -0.1) is 11.3 Å². The van der Waals surface area contributed by atoms with E-state index in [4.69, 9.17) is 9.97 Å². The molecule has 4 heterocycles. The van der Waals surface area contributed by atoms with Crippen molar-refractivity contribution in [2.45, 2.75) is 6.92 Å². The van der Waals surface area contributed by atoms with Crippen LogP contribution in [-0.4, -0.2) is 14.5 Å². The van der Waals surface area contributed by atoms with Gasteiger partial charge in [0.1, 0.15) is 4.83 Å². The van der Waals surface area contributed by atoms with E-state index in [1.165, 1.54) is 75.2 Å². The molecule has 0 bridgehead atoms. The average molecular weight is 796 g/mol. The lowest BCUT2D eigenvalue weighted by molar-refractivity contribution is 1.19. The number of fused-ring (bicyclic) bond motifs is 8. The van der Waals surface area contributed by atoms with E-state index in [0.29, 0.717) is 0 Å². The highest BCUT2D eigenvalue weighted by molar-refractivity contribution is 7.26. The minimum atomic E-state index is 0.972. The molecule has 12 rings (SSSR count). The molecule has 0 amide bonds. The molecule has 0 saturated carbocycles. The molecule has 4 heteroatoms. The summed E-state index contributed by atoms with van der Waals surface area (Å²) in [5, 5.41) is 7.45. The maximum absolute atomic E-state index is 5.35. The Bertz CT molecular complexity index is 3620. The lowest BCUT2D eigenvalue weighted by Gasteiger charge is -2.15. The molecule has 0 spiro atoms. The monoisotopic (exact) mass is 795 g/mol. The SMILES string of the molecule is Cc1c(-c2ccc(-c3ccc(-n4c5ccccc5c5c6c(sc54)c(-c4ccc5ccccc5c4)nc4ccccc46)cc3)cc2)cc(-c2ccccc2)nc1-c1ccccc1. The van der Waals surface area contributed by atoms with Crippen LogP contribution in [0.1, 0.15) is 5.56 Å². The Kier molecular flexibility index (Phi) is 8.25. The molecule has 0 aliphatic carbocycles. The van der Waals surface area contributed by atoms with Crippen LogP contribution in [0.5, 0.6) is 0 Å². The summed E-state index contributed by atoms with van der Waals surface area (Å²) in [4.78, 5) is 11.8. The Morgan fingerprint density at radius 1 is 0.426 bits per heavy atom. The van der Waals surface area contributed by atoms with Crippen molar-refractivity contribution >= 4 is 64.2 Å². The Labute approximate surface area is 357 Å². The third-order valence-corrected chi connectivity index (χ3v) is 13.4. The van der Waals surface area contributed by atoms with Gasteiger partial charge in [0.05, 0.1) is 32.8 Å². The predicted octanol–water partition coefficient (Wildman–Crippen LogP) is 15.7. The zero-order chi connectivity index (χ0) is 40.4. The van der Waals surface area contributed by atoms with Gasteiger partial charge in [-0.2, -0.15) is 0 Å². The molecule has 286 valence electrons. The van der Waals surface area contributed by atoms with Gasteiger partial charge in [-0.25, -0.2) is 9.97 Å². The number of hydrogen-bond donors (Lipinski definition) is 0. The van der Waals surface area contributed by atoms with Crippen LogP contribution in [0.4, 0.5) is 0 Å². The second-order valence-corrected chi connectivity index (χ2v) is 16.8. The summed E-state index contributed by atoms with van der Waals surface area (Å²) in [5.41, 5.74) is 15.6. The molecule has 0 radical (unpaired) electrons. The van der Waals surface area contributed by atoms with Crippen LogP contribution in [0, 0.1) is 6.92 Å². The Morgan fingerprint density at radius 2 is 1.03 bits per heavy atom. The van der Waals surface area contributed by atoms with Gasteiger partial charge in [-0.3, -0.25) is 0 Å². The molecule has 0 unspecified atom stereocenters. The lowest BCUT2D eigenvalue weighted by Crippen LogP contribution is -1.96. The number of thiophene rings is 1. The Balaban J connectivity index is 0.961. The van der Waals surface area contributed by atoms with Gasteiger partial charge in [0.15, 0.2) is 0 Å². The average Bonchev–Trinajstić information content (AvgIpc) is 3.87. The summed E-state index contributed by atoms with van der Waals surface area (Å²) in [6, 6.07) is 74.0. The van der Waals surface area contributed by atoms with E-state index in [1.54, 1.807) is 0 Å². The summed E-state index contributed by atoms with van der Waals surface area (Å²) in [7, 11) is 0. The fourth-order valence-corrected chi connectivity index (χ4v) is 10.5. The van der Waals surface area contributed by atoms with E-state index in [1.807, 2.05) is 11.3 Å².